The number of nitrogens with zero attached hydrogens (tertiary/aromatic N) is 5. The minimum absolute atomic E-state index is 0.215. The maximum absolute atomic E-state index is 13.3. The molecule has 9 heteroatoms. The highest BCUT2D eigenvalue weighted by atomic mass is 79.9. The summed E-state index contributed by atoms with van der Waals surface area (Å²) in [6.07, 6.45) is 5.49. The van der Waals surface area contributed by atoms with Gasteiger partial charge < -0.3 is 4.74 Å². The number of benzene rings is 3. The van der Waals surface area contributed by atoms with Gasteiger partial charge in [-0.25, -0.2) is 4.68 Å². The number of hydrogen-bond donors (Lipinski definition) is 0. The number of para-hydroxylation sites is 1. The van der Waals surface area contributed by atoms with Crippen molar-refractivity contribution < 1.29 is 4.74 Å². The van der Waals surface area contributed by atoms with E-state index in [1.807, 2.05) is 95.8 Å². The van der Waals surface area contributed by atoms with Gasteiger partial charge in [0.15, 0.2) is 5.82 Å². The average Bonchev–Trinajstić information content (AvgIpc) is 3.64. The van der Waals surface area contributed by atoms with Gasteiger partial charge in [0.05, 0.1) is 10.2 Å². The van der Waals surface area contributed by atoms with Crippen molar-refractivity contribution in [2.75, 3.05) is 6.61 Å². The lowest BCUT2D eigenvalue weighted by molar-refractivity contribution is 0.363. The second-order valence-electron chi connectivity index (χ2n) is 8.39. The Kier molecular flexibility index (Phi) is 6.45. The molecule has 0 amide bonds. The summed E-state index contributed by atoms with van der Waals surface area (Å²) in [5, 5.41) is 9.33. The molecule has 0 atom stereocenters. The van der Waals surface area contributed by atoms with E-state index in [1.165, 1.54) is 15.9 Å². The van der Waals surface area contributed by atoms with Crippen LogP contribution in [0.1, 0.15) is 5.56 Å². The van der Waals surface area contributed by atoms with Crippen molar-refractivity contribution in [3.8, 4) is 34.1 Å². The second kappa shape index (κ2) is 10.2. The summed E-state index contributed by atoms with van der Waals surface area (Å²) in [4.78, 5) is 18.4. The van der Waals surface area contributed by atoms with Crippen LogP contribution in [0.3, 0.4) is 0 Å². The first-order valence-corrected chi connectivity index (χ1v) is 13.4. The highest BCUT2D eigenvalue weighted by Crippen LogP contribution is 2.27. The Morgan fingerprint density at radius 2 is 1.68 bits per heavy atom. The normalized spacial score (nSPS) is 11.8. The molecule has 38 heavy (non-hydrogen) atoms. The summed E-state index contributed by atoms with van der Waals surface area (Å²) in [6, 6.07) is 25.2. The third-order valence-electron chi connectivity index (χ3n) is 5.83. The Bertz CT molecular complexity index is 1860. The topological polar surface area (TPSA) is 74.3 Å². The Hall–Kier alpha value is -4.34. The SMILES string of the molecule is C=CCOc1ccc(-c2nn(-c3ccccc3)cc2C=c2sc3nc(-c4ccc(Br)cc4)nn3c2=O)cc1. The monoisotopic (exact) mass is 581 g/mol. The van der Waals surface area contributed by atoms with Crippen molar-refractivity contribution in [2.24, 2.45) is 0 Å². The summed E-state index contributed by atoms with van der Waals surface area (Å²) < 4.78 is 10.3. The predicted molar refractivity (Wildman–Crippen MR) is 154 cm³/mol. The van der Waals surface area contributed by atoms with E-state index in [-0.39, 0.29) is 5.56 Å². The van der Waals surface area contributed by atoms with E-state index in [0.29, 0.717) is 21.9 Å². The van der Waals surface area contributed by atoms with Crippen molar-refractivity contribution in [1.82, 2.24) is 24.4 Å². The number of halogens is 1. The van der Waals surface area contributed by atoms with Crippen molar-refractivity contribution in [3.63, 3.8) is 0 Å². The van der Waals surface area contributed by atoms with Gasteiger partial charge in [-0.05, 0) is 54.6 Å². The van der Waals surface area contributed by atoms with Gasteiger partial charge in [0.2, 0.25) is 4.96 Å². The van der Waals surface area contributed by atoms with Crippen molar-refractivity contribution in [2.45, 2.75) is 0 Å². The molecule has 0 unspecified atom stereocenters. The van der Waals surface area contributed by atoms with Crippen LogP contribution in [0.4, 0.5) is 0 Å². The van der Waals surface area contributed by atoms with Crippen LogP contribution in [0.2, 0.25) is 0 Å². The molecule has 0 radical (unpaired) electrons. The van der Waals surface area contributed by atoms with Gasteiger partial charge in [0.1, 0.15) is 18.1 Å². The molecule has 0 aliphatic rings. The second-order valence-corrected chi connectivity index (χ2v) is 10.3. The number of rotatable bonds is 7. The summed E-state index contributed by atoms with van der Waals surface area (Å²) >= 11 is 4.74. The van der Waals surface area contributed by atoms with E-state index in [9.17, 15) is 4.79 Å². The van der Waals surface area contributed by atoms with Crippen molar-refractivity contribution in [3.05, 3.63) is 123 Å². The van der Waals surface area contributed by atoms with E-state index < -0.39 is 0 Å². The van der Waals surface area contributed by atoms with E-state index in [1.54, 1.807) is 6.08 Å². The molecule has 6 aromatic rings. The molecule has 0 saturated carbocycles. The lowest BCUT2D eigenvalue weighted by atomic mass is 10.1. The molecule has 186 valence electrons. The van der Waals surface area contributed by atoms with Gasteiger partial charge in [-0.15, -0.1) is 5.10 Å². The summed E-state index contributed by atoms with van der Waals surface area (Å²) in [7, 11) is 0. The molecule has 0 aliphatic carbocycles. The number of ether oxygens (including phenoxy) is 1. The smallest absolute Gasteiger partial charge is 0.291 e. The first kappa shape index (κ1) is 24.0. The first-order valence-electron chi connectivity index (χ1n) is 11.8. The van der Waals surface area contributed by atoms with Crippen LogP contribution >= 0.6 is 27.3 Å². The van der Waals surface area contributed by atoms with Gasteiger partial charge in [0, 0.05) is 27.4 Å². The van der Waals surface area contributed by atoms with Crippen LogP contribution in [-0.4, -0.2) is 31.0 Å². The lowest BCUT2D eigenvalue weighted by Crippen LogP contribution is -2.23. The molecule has 3 heterocycles. The first-order chi connectivity index (χ1) is 18.6. The van der Waals surface area contributed by atoms with Crippen molar-refractivity contribution in [1.29, 1.82) is 0 Å². The molecule has 0 fully saturated rings. The molecule has 0 aliphatic heterocycles. The molecule has 6 rings (SSSR count). The Balaban J connectivity index is 1.44. The third-order valence-corrected chi connectivity index (χ3v) is 7.32. The largest absolute Gasteiger partial charge is 0.490 e. The molecule has 0 N–H and O–H groups in total. The number of hydrogen-bond acceptors (Lipinski definition) is 6. The van der Waals surface area contributed by atoms with Crippen LogP contribution in [-0.2, 0) is 0 Å². The quantitative estimate of drug-likeness (QED) is 0.231. The van der Waals surface area contributed by atoms with Gasteiger partial charge in [0.25, 0.3) is 5.56 Å². The highest BCUT2D eigenvalue weighted by molar-refractivity contribution is 9.10. The molecule has 0 spiro atoms. The fourth-order valence-corrected chi connectivity index (χ4v) is 5.15. The molecule has 3 aromatic carbocycles. The highest BCUT2D eigenvalue weighted by Gasteiger charge is 2.15. The zero-order chi connectivity index (χ0) is 26.1. The maximum Gasteiger partial charge on any atom is 0.291 e. The Morgan fingerprint density at radius 1 is 0.947 bits per heavy atom. The van der Waals surface area contributed by atoms with E-state index >= 15 is 0 Å². The van der Waals surface area contributed by atoms with Crippen LogP contribution < -0.4 is 14.8 Å². The molecule has 0 bridgehead atoms. The molecular weight excluding hydrogens is 562 g/mol. The van der Waals surface area contributed by atoms with Crippen LogP contribution in [0.25, 0.3) is 39.4 Å². The van der Waals surface area contributed by atoms with Crippen LogP contribution in [0, 0.1) is 0 Å². The van der Waals surface area contributed by atoms with Gasteiger partial charge >= 0.3 is 0 Å². The standard InChI is InChI=1S/C29H20BrN5O2S/c1-2-16-37-24-14-10-19(11-15-24)26-21(18-34(32-26)23-6-4-3-5-7-23)17-25-28(36)35-29(38-25)31-27(33-35)20-8-12-22(30)13-9-20/h2-15,17-18H,1,16H2. The van der Waals surface area contributed by atoms with E-state index in [2.05, 4.69) is 32.6 Å². The molecule has 0 saturated heterocycles. The average molecular weight is 582 g/mol. The van der Waals surface area contributed by atoms with Crippen LogP contribution in [0.5, 0.6) is 5.75 Å². The van der Waals surface area contributed by atoms with Gasteiger partial charge in [-0.2, -0.15) is 14.6 Å². The number of fused-ring (bicyclic) bond motifs is 1. The zero-order valence-corrected chi connectivity index (χ0v) is 22.4. The minimum Gasteiger partial charge on any atom is -0.490 e. The van der Waals surface area contributed by atoms with E-state index in [4.69, 9.17) is 9.84 Å². The lowest BCUT2D eigenvalue weighted by Gasteiger charge is -2.04. The third kappa shape index (κ3) is 4.69. The molecular formula is C29H20BrN5O2S. The minimum atomic E-state index is -0.215. The molecule has 7 nitrogen and oxygen atoms in total. The summed E-state index contributed by atoms with van der Waals surface area (Å²) in [6.45, 7) is 4.12. The fourth-order valence-electron chi connectivity index (χ4n) is 3.99. The summed E-state index contributed by atoms with van der Waals surface area (Å²) in [5.74, 6) is 1.26. The summed E-state index contributed by atoms with van der Waals surface area (Å²) in [5.41, 5.74) is 4.01. The number of aromatic nitrogens is 5. The molecule has 3 aromatic heterocycles. The fraction of sp³-hybridized carbons (Fsp3) is 0.0345. The Morgan fingerprint density at radius 3 is 2.39 bits per heavy atom. The zero-order valence-electron chi connectivity index (χ0n) is 20.0. The predicted octanol–water partition coefficient (Wildman–Crippen LogP) is 5.55. The number of thiazole rings is 1. The van der Waals surface area contributed by atoms with Crippen LogP contribution in [0.15, 0.2) is 107 Å². The van der Waals surface area contributed by atoms with E-state index in [0.717, 1.165) is 38.3 Å². The van der Waals surface area contributed by atoms with Crippen molar-refractivity contribution >= 4 is 38.3 Å². The Labute approximate surface area is 230 Å². The maximum atomic E-state index is 13.3. The van der Waals surface area contributed by atoms with Gasteiger partial charge in [-0.3, -0.25) is 4.79 Å². The van der Waals surface area contributed by atoms with Gasteiger partial charge in [-0.1, -0.05) is 70.3 Å².